The van der Waals surface area contributed by atoms with E-state index in [1.807, 2.05) is 12.3 Å². The molecule has 3 aliphatic rings. The van der Waals surface area contributed by atoms with Crippen molar-refractivity contribution in [2.75, 3.05) is 4.90 Å². The van der Waals surface area contributed by atoms with Gasteiger partial charge >= 0.3 is 0 Å². The Labute approximate surface area is 396 Å². The fourth-order valence-corrected chi connectivity index (χ4v) is 13.1. The maximum absolute atomic E-state index is 7.04. The Kier molecular flexibility index (Phi) is 7.70. The number of aryl methyl sites for hydroxylation is 2. The van der Waals surface area contributed by atoms with E-state index in [0.717, 1.165) is 61.4 Å². The minimum absolute atomic E-state index is 0.211. The second kappa shape index (κ2) is 13.3. The van der Waals surface area contributed by atoms with Gasteiger partial charge in [0.15, 0.2) is 0 Å². The molecule has 0 unspecified atom stereocenters. The summed E-state index contributed by atoms with van der Waals surface area (Å²) in [6.07, 6.45) is 1.87. The molecule has 4 nitrogen and oxygen atoms in total. The predicted octanol–water partition coefficient (Wildman–Crippen LogP) is 17.6. The highest BCUT2D eigenvalue weighted by Gasteiger charge is 2.49. The summed E-state index contributed by atoms with van der Waals surface area (Å²) in [6.45, 7) is 18.9. The molecular weight excluding hydrogens is 829 g/mol. The van der Waals surface area contributed by atoms with Gasteiger partial charge in [0, 0.05) is 72.2 Å². The first-order valence-electron chi connectivity index (χ1n) is 24.0. The average Bonchev–Trinajstić information content (AvgIpc) is 4.08. The predicted molar refractivity (Wildman–Crippen MR) is 281 cm³/mol. The van der Waals surface area contributed by atoms with E-state index >= 15 is 0 Å². The molecule has 3 heterocycles. The van der Waals surface area contributed by atoms with Crippen LogP contribution in [0.3, 0.4) is 0 Å². The molecule has 14 rings (SSSR count). The average molecular weight is 879 g/mol. The van der Waals surface area contributed by atoms with E-state index in [9.17, 15) is 0 Å². The Morgan fingerprint density at radius 3 is 1.63 bits per heavy atom. The monoisotopic (exact) mass is 878 g/mol. The highest BCUT2D eigenvalue weighted by molar-refractivity contribution is 6.21. The summed E-state index contributed by atoms with van der Waals surface area (Å²) in [5, 5.41) is 4.68. The maximum Gasteiger partial charge on any atom is 0.145 e. The molecule has 0 bridgehead atoms. The zero-order valence-electron chi connectivity index (χ0n) is 39.7. The lowest BCUT2D eigenvalue weighted by Gasteiger charge is -2.32. The molecule has 68 heavy (non-hydrogen) atoms. The van der Waals surface area contributed by atoms with Gasteiger partial charge in [-0.1, -0.05) is 126 Å². The number of aromatic nitrogens is 1. The Balaban J connectivity index is 0.994. The number of hydrogen-bond donors (Lipinski definition) is 0. The smallest absolute Gasteiger partial charge is 0.145 e. The molecule has 0 N–H and O–H groups in total. The molecule has 8 aromatic carbocycles. The first-order valence-corrected chi connectivity index (χ1v) is 24.0. The van der Waals surface area contributed by atoms with Crippen LogP contribution < -0.4 is 4.90 Å². The third kappa shape index (κ3) is 5.02. The van der Waals surface area contributed by atoms with Crippen LogP contribution in [0.5, 0.6) is 0 Å². The van der Waals surface area contributed by atoms with Crippen molar-refractivity contribution in [3.63, 3.8) is 0 Å². The summed E-state index contributed by atoms with van der Waals surface area (Å²) in [5.41, 5.74) is 26.3. The lowest BCUT2D eigenvalue weighted by molar-refractivity contribution is 0.600. The summed E-state index contributed by atoms with van der Waals surface area (Å²) in [5.74, 6) is 0. The number of para-hydroxylation sites is 2. The standard InChI is InChI=1S/C64H50N2O2/c1-35-29-36(2)31-39(30-35)66(37-24-26-41-47(32-37)62(3,4)49-34-45(50-21-15-16-28-65-50)60-55(53(41)49)43-18-10-13-22-51(43)67-60)38-25-27-42-48(33-38)64(7,8)59-57(42)61-56(44-19-11-14-23-52(44)68-61)54-40-17-9-12-20-46(40)63(5,6)58(54)59/h9-34H,1-8H3. The Hall–Kier alpha value is -7.69. The van der Waals surface area contributed by atoms with Gasteiger partial charge in [0.2, 0.25) is 0 Å². The van der Waals surface area contributed by atoms with E-state index in [4.69, 9.17) is 13.8 Å². The van der Waals surface area contributed by atoms with Gasteiger partial charge in [-0.3, -0.25) is 4.98 Å². The van der Waals surface area contributed by atoms with E-state index in [2.05, 4.69) is 206 Å². The second-order valence-electron chi connectivity index (χ2n) is 21.2. The van der Waals surface area contributed by atoms with Crippen molar-refractivity contribution in [2.24, 2.45) is 0 Å². The zero-order chi connectivity index (χ0) is 46.2. The van der Waals surface area contributed by atoms with Crippen LogP contribution in [-0.4, -0.2) is 4.98 Å². The third-order valence-electron chi connectivity index (χ3n) is 16.1. The van der Waals surface area contributed by atoms with E-state index in [1.165, 1.54) is 88.7 Å². The molecule has 3 aromatic heterocycles. The number of furan rings is 2. The fourth-order valence-electron chi connectivity index (χ4n) is 13.1. The molecule has 0 radical (unpaired) electrons. The number of rotatable bonds is 4. The summed E-state index contributed by atoms with van der Waals surface area (Å²) in [4.78, 5) is 7.33. The van der Waals surface area contributed by atoms with Crippen LogP contribution >= 0.6 is 0 Å². The molecule has 3 aliphatic carbocycles. The number of benzene rings is 8. The van der Waals surface area contributed by atoms with Gasteiger partial charge in [-0.25, -0.2) is 0 Å². The van der Waals surface area contributed by atoms with Crippen molar-refractivity contribution in [1.82, 2.24) is 4.98 Å². The number of nitrogens with zero attached hydrogens (tertiary/aromatic N) is 2. The van der Waals surface area contributed by atoms with Crippen LogP contribution in [0.15, 0.2) is 167 Å². The summed E-state index contributed by atoms with van der Waals surface area (Å²) >= 11 is 0. The first-order chi connectivity index (χ1) is 32.8. The highest BCUT2D eigenvalue weighted by atomic mass is 16.3. The fraction of sp³-hybridized carbons (Fsp3) is 0.172. The van der Waals surface area contributed by atoms with Crippen LogP contribution in [0.25, 0.3) is 88.5 Å². The molecular formula is C64H50N2O2. The second-order valence-corrected chi connectivity index (χ2v) is 21.2. The van der Waals surface area contributed by atoms with Crippen LogP contribution in [0.1, 0.15) is 86.1 Å². The number of pyridine rings is 1. The summed E-state index contributed by atoms with van der Waals surface area (Å²) in [7, 11) is 0. The van der Waals surface area contributed by atoms with Crippen LogP contribution in [-0.2, 0) is 16.2 Å². The summed E-state index contributed by atoms with van der Waals surface area (Å²) in [6, 6.07) is 55.9. The highest BCUT2D eigenvalue weighted by Crippen LogP contribution is 2.64. The van der Waals surface area contributed by atoms with E-state index < -0.39 is 0 Å². The lowest BCUT2D eigenvalue weighted by Crippen LogP contribution is -2.24. The molecule has 0 saturated carbocycles. The van der Waals surface area contributed by atoms with Crippen molar-refractivity contribution in [3.8, 4) is 44.6 Å². The third-order valence-corrected chi connectivity index (χ3v) is 16.1. The molecule has 0 fully saturated rings. The van der Waals surface area contributed by atoms with Gasteiger partial charge in [-0.05, 0) is 153 Å². The van der Waals surface area contributed by atoms with E-state index in [1.54, 1.807) is 0 Å². The van der Waals surface area contributed by atoms with Gasteiger partial charge in [0.25, 0.3) is 0 Å². The Bertz CT molecular complexity index is 4010. The molecule has 0 aliphatic heterocycles. The van der Waals surface area contributed by atoms with E-state index in [0.29, 0.717) is 0 Å². The number of hydrogen-bond acceptors (Lipinski definition) is 4. The normalized spacial score (nSPS) is 15.4. The van der Waals surface area contributed by atoms with Crippen molar-refractivity contribution in [2.45, 2.75) is 71.6 Å². The zero-order valence-corrected chi connectivity index (χ0v) is 39.7. The van der Waals surface area contributed by atoms with Gasteiger partial charge in [-0.15, -0.1) is 0 Å². The quantitative estimate of drug-likeness (QED) is 0.177. The largest absolute Gasteiger partial charge is 0.455 e. The van der Waals surface area contributed by atoms with Gasteiger partial charge in [0.1, 0.15) is 22.3 Å². The summed E-state index contributed by atoms with van der Waals surface area (Å²) < 4.78 is 13.8. The maximum atomic E-state index is 7.04. The van der Waals surface area contributed by atoms with Crippen molar-refractivity contribution in [3.05, 3.63) is 202 Å². The van der Waals surface area contributed by atoms with Crippen LogP contribution in [0.4, 0.5) is 17.1 Å². The Morgan fingerprint density at radius 1 is 0.412 bits per heavy atom. The van der Waals surface area contributed by atoms with Crippen LogP contribution in [0.2, 0.25) is 0 Å². The molecule has 0 spiro atoms. The molecule has 0 saturated heterocycles. The molecule has 4 heteroatoms. The SMILES string of the molecule is Cc1cc(C)cc(N(c2ccc3c(c2)C(C)(C)c2cc(-c4ccccn4)c4oc5ccccc5c4c2-3)c2ccc3c(c2)C(C)(C)c2c4c(c5c(oc6ccccc65)c2-3)-c2ccccc2C4(C)C)c1. The molecule has 11 aromatic rings. The topological polar surface area (TPSA) is 42.4 Å². The molecule has 328 valence electrons. The first kappa shape index (κ1) is 39.5. The van der Waals surface area contributed by atoms with Gasteiger partial charge in [0.05, 0.1) is 5.69 Å². The lowest BCUT2D eigenvalue weighted by atomic mass is 9.72. The number of anilines is 3. The molecule has 0 amide bonds. The van der Waals surface area contributed by atoms with Crippen LogP contribution in [0, 0.1) is 13.8 Å². The Morgan fingerprint density at radius 2 is 0.956 bits per heavy atom. The number of fused-ring (bicyclic) bond motifs is 19. The van der Waals surface area contributed by atoms with Crippen molar-refractivity contribution < 1.29 is 8.83 Å². The van der Waals surface area contributed by atoms with Gasteiger partial charge in [-0.2, -0.15) is 0 Å². The minimum Gasteiger partial charge on any atom is -0.455 e. The van der Waals surface area contributed by atoms with E-state index in [-0.39, 0.29) is 16.2 Å². The van der Waals surface area contributed by atoms with Crippen molar-refractivity contribution in [1.29, 1.82) is 0 Å². The molecule has 0 atom stereocenters. The van der Waals surface area contributed by atoms with Crippen molar-refractivity contribution >= 4 is 60.9 Å². The van der Waals surface area contributed by atoms with Gasteiger partial charge < -0.3 is 13.7 Å². The minimum atomic E-state index is -0.336.